The number of nitrogens with one attached hydrogen (secondary N) is 1. The van der Waals surface area contributed by atoms with Gasteiger partial charge in [-0.25, -0.2) is 4.98 Å². The molecule has 0 radical (unpaired) electrons. The summed E-state index contributed by atoms with van der Waals surface area (Å²) in [5, 5.41) is 3.28. The molecule has 1 N–H and O–H groups in total. The van der Waals surface area contributed by atoms with Crippen molar-refractivity contribution in [3.05, 3.63) is 75.7 Å². The van der Waals surface area contributed by atoms with Gasteiger partial charge in [0.2, 0.25) is 5.43 Å². The third-order valence-electron chi connectivity index (χ3n) is 3.94. The van der Waals surface area contributed by atoms with Gasteiger partial charge in [-0.3, -0.25) is 9.59 Å². The fourth-order valence-corrected chi connectivity index (χ4v) is 2.64. The number of rotatable bonds is 4. The number of carbonyl (C=O) groups excluding carboxylic acids is 1. The van der Waals surface area contributed by atoms with Crippen LogP contribution in [0.5, 0.6) is 0 Å². The van der Waals surface area contributed by atoms with Crippen molar-refractivity contribution in [1.82, 2.24) is 14.9 Å². The Balaban J connectivity index is 1.97. The van der Waals surface area contributed by atoms with Gasteiger partial charge < -0.3 is 9.88 Å². The summed E-state index contributed by atoms with van der Waals surface area (Å²) in [6.07, 6.45) is 1.59. The van der Waals surface area contributed by atoms with E-state index in [4.69, 9.17) is 0 Å². The monoisotopic (exact) mass is 321 g/mol. The lowest BCUT2D eigenvalue weighted by atomic mass is 10.1. The third kappa shape index (κ3) is 3.06. The minimum Gasteiger partial charge on any atom is -0.348 e. The highest BCUT2D eigenvalue weighted by molar-refractivity contribution is 5.96. The van der Waals surface area contributed by atoms with Gasteiger partial charge in [0, 0.05) is 25.0 Å². The summed E-state index contributed by atoms with van der Waals surface area (Å²) >= 11 is 0. The molecule has 5 nitrogen and oxygen atoms in total. The van der Waals surface area contributed by atoms with E-state index in [1.54, 1.807) is 18.3 Å². The third-order valence-corrected chi connectivity index (χ3v) is 3.94. The molecule has 3 rings (SSSR count). The zero-order chi connectivity index (χ0) is 17.1. The zero-order valence-electron chi connectivity index (χ0n) is 13.7. The van der Waals surface area contributed by atoms with Gasteiger partial charge in [-0.15, -0.1) is 0 Å². The number of amides is 1. The zero-order valence-corrected chi connectivity index (χ0v) is 13.7. The van der Waals surface area contributed by atoms with Crippen molar-refractivity contribution < 1.29 is 4.79 Å². The molecule has 122 valence electrons. The molecule has 0 fully saturated rings. The van der Waals surface area contributed by atoms with Gasteiger partial charge in [0.05, 0.1) is 5.39 Å². The van der Waals surface area contributed by atoms with Crippen molar-refractivity contribution in [2.24, 2.45) is 0 Å². The van der Waals surface area contributed by atoms with E-state index in [1.165, 1.54) is 0 Å². The summed E-state index contributed by atoms with van der Waals surface area (Å²) < 4.78 is 1.83. The number of fused-ring (bicyclic) bond motifs is 1. The lowest BCUT2D eigenvalue weighted by Gasteiger charge is -2.11. The fourth-order valence-electron chi connectivity index (χ4n) is 2.64. The Hall–Kier alpha value is -2.95. The van der Waals surface area contributed by atoms with Crippen LogP contribution in [-0.4, -0.2) is 15.5 Å². The van der Waals surface area contributed by atoms with Crippen LogP contribution in [0.1, 0.15) is 28.5 Å². The summed E-state index contributed by atoms with van der Waals surface area (Å²) in [6.45, 7) is 4.85. The van der Waals surface area contributed by atoms with E-state index in [9.17, 15) is 9.59 Å². The summed E-state index contributed by atoms with van der Waals surface area (Å²) in [5.41, 5.74) is 2.30. The van der Waals surface area contributed by atoms with Crippen molar-refractivity contribution >= 4 is 16.9 Å². The van der Waals surface area contributed by atoms with Crippen LogP contribution >= 0.6 is 0 Å². The molecule has 0 aliphatic heterocycles. The number of carbonyl (C=O) groups is 1. The second kappa shape index (κ2) is 6.66. The second-order valence-corrected chi connectivity index (χ2v) is 5.65. The molecule has 0 aliphatic carbocycles. The van der Waals surface area contributed by atoms with Gasteiger partial charge in [-0.1, -0.05) is 30.3 Å². The number of aryl methyl sites for hydroxylation is 2. The molecule has 24 heavy (non-hydrogen) atoms. The first kappa shape index (κ1) is 15.9. The maximum atomic E-state index is 12.6. The standard InChI is InChI=1S/C19H19N3O2/c1-3-22-12-16(17(23)15-10-9-13(2)21-18(15)22)19(24)20-11-14-7-5-4-6-8-14/h4-10,12H,3,11H2,1-2H3,(H,20,24). The highest BCUT2D eigenvalue weighted by Gasteiger charge is 2.15. The van der Waals surface area contributed by atoms with Gasteiger partial charge in [-0.05, 0) is 31.5 Å². The molecule has 0 saturated carbocycles. The lowest BCUT2D eigenvalue weighted by Crippen LogP contribution is -2.29. The van der Waals surface area contributed by atoms with Crippen molar-refractivity contribution in [2.75, 3.05) is 0 Å². The van der Waals surface area contributed by atoms with Crippen LogP contribution in [0.25, 0.3) is 11.0 Å². The molecule has 2 heterocycles. The van der Waals surface area contributed by atoms with E-state index in [2.05, 4.69) is 10.3 Å². The Morgan fingerprint density at radius 1 is 1.17 bits per heavy atom. The molecular formula is C19H19N3O2. The lowest BCUT2D eigenvalue weighted by molar-refractivity contribution is 0.0949. The maximum Gasteiger partial charge on any atom is 0.257 e. The fraction of sp³-hybridized carbons (Fsp3) is 0.211. The molecule has 0 bridgehead atoms. The molecule has 0 unspecified atom stereocenters. The first-order chi connectivity index (χ1) is 11.6. The van der Waals surface area contributed by atoms with Crippen LogP contribution in [0.15, 0.2) is 53.5 Å². The molecule has 2 aromatic heterocycles. The molecule has 1 amide bonds. The summed E-state index contributed by atoms with van der Waals surface area (Å²) in [6, 6.07) is 13.1. The van der Waals surface area contributed by atoms with Gasteiger partial charge in [-0.2, -0.15) is 0 Å². The minimum absolute atomic E-state index is 0.144. The van der Waals surface area contributed by atoms with Gasteiger partial charge in [0.1, 0.15) is 11.2 Å². The molecule has 0 spiro atoms. The Morgan fingerprint density at radius 3 is 2.62 bits per heavy atom. The van der Waals surface area contributed by atoms with Crippen LogP contribution < -0.4 is 10.7 Å². The quantitative estimate of drug-likeness (QED) is 0.803. The molecular weight excluding hydrogens is 302 g/mol. The Bertz CT molecular complexity index is 946. The van der Waals surface area contributed by atoms with Gasteiger partial charge >= 0.3 is 0 Å². The predicted octanol–water partition coefficient (Wildman–Crippen LogP) is 2.65. The highest BCUT2D eigenvalue weighted by atomic mass is 16.2. The van der Waals surface area contributed by atoms with E-state index in [0.717, 1.165) is 11.3 Å². The summed E-state index contributed by atoms with van der Waals surface area (Å²) in [7, 11) is 0. The summed E-state index contributed by atoms with van der Waals surface area (Å²) in [4.78, 5) is 29.6. The Morgan fingerprint density at radius 2 is 1.92 bits per heavy atom. The van der Waals surface area contributed by atoms with Crippen molar-refractivity contribution in [3.63, 3.8) is 0 Å². The van der Waals surface area contributed by atoms with E-state index in [0.29, 0.717) is 24.1 Å². The van der Waals surface area contributed by atoms with E-state index >= 15 is 0 Å². The number of aromatic nitrogens is 2. The van der Waals surface area contributed by atoms with Crippen LogP contribution in [0.2, 0.25) is 0 Å². The molecule has 0 atom stereocenters. The highest BCUT2D eigenvalue weighted by Crippen LogP contribution is 2.11. The SMILES string of the molecule is CCn1cc(C(=O)NCc2ccccc2)c(=O)c2ccc(C)nc21. The number of pyridine rings is 2. The molecule has 5 heteroatoms. The number of hydrogen-bond acceptors (Lipinski definition) is 3. The van der Waals surface area contributed by atoms with E-state index < -0.39 is 0 Å². The van der Waals surface area contributed by atoms with Crippen LogP contribution in [0.3, 0.4) is 0 Å². The number of benzene rings is 1. The topological polar surface area (TPSA) is 64.0 Å². The van der Waals surface area contributed by atoms with Gasteiger partial charge in [0.15, 0.2) is 0 Å². The number of hydrogen-bond donors (Lipinski definition) is 1. The smallest absolute Gasteiger partial charge is 0.257 e. The molecule has 0 saturated heterocycles. The van der Waals surface area contributed by atoms with Crippen LogP contribution in [-0.2, 0) is 13.1 Å². The Kier molecular flexibility index (Phi) is 4.42. The summed E-state index contributed by atoms with van der Waals surface area (Å²) in [5.74, 6) is -0.367. The maximum absolute atomic E-state index is 12.6. The first-order valence-electron chi connectivity index (χ1n) is 7.93. The van der Waals surface area contributed by atoms with E-state index in [-0.39, 0.29) is 16.9 Å². The van der Waals surface area contributed by atoms with Crippen molar-refractivity contribution in [1.29, 1.82) is 0 Å². The number of nitrogens with zero attached hydrogens (tertiary/aromatic N) is 2. The minimum atomic E-state index is -0.367. The average molecular weight is 321 g/mol. The van der Waals surface area contributed by atoms with Crippen LogP contribution in [0.4, 0.5) is 0 Å². The van der Waals surface area contributed by atoms with Crippen molar-refractivity contribution in [2.45, 2.75) is 26.9 Å². The first-order valence-corrected chi connectivity index (χ1v) is 7.93. The average Bonchev–Trinajstić information content (AvgIpc) is 2.61. The van der Waals surface area contributed by atoms with E-state index in [1.807, 2.05) is 48.7 Å². The van der Waals surface area contributed by atoms with Crippen LogP contribution in [0, 0.1) is 6.92 Å². The van der Waals surface area contributed by atoms with Crippen molar-refractivity contribution in [3.8, 4) is 0 Å². The molecule has 1 aromatic carbocycles. The Labute approximate surface area is 140 Å². The second-order valence-electron chi connectivity index (χ2n) is 5.65. The predicted molar refractivity (Wildman–Crippen MR) is 94.0 cm³/mol. The van der Waals surface area contributed by atoms with Gasteiger partial charge in [0.25, 0.3) is 5.91 Å². The molecule has 0 aliphatic rings. The largest absolute Gasteiger partial charge is 0.348 e. The molecule has 3 aromatic rings. The normalized spacial score (nSPS) is 10.8.